The highest BCUT2D eigenvalue weighted by molar-refractivity contribution is 7.99. The summed E-state index contributed by atoms with van der Waals surface area (Å²) in [5, 5.41) is 5.61. The molecule has 0 bridgehead atoms. The molecule has 0 aliphatic heterocycles. The van der Waals surface area contributed by atoms with Crippen LogP contribution in [0.2, 0.25) is 0 Å². The molecule has 2 amide bonds. The molecule has 2 atom stereocenters. The van der Waals surface area contributed by atoms with E-state index in [2.05, 4.69) is 10.6 Å². The van der Waals surface area contributed by atoms with Crippen LogP contribution in [0.4, 0.5) is 0 Å². The highest BCUT2D eigenvalue weighted by atomic mass is 32.2. The average Bonchev–Trinajstić information content (AvgIpc) is 2.49. The lowest BCUT2D eigenvalue weighted by Crippen LogP contribution is -2.44. The van der Waals surface area contributed by atoms with Gasteiger partial charge in [0.05, 0.1) is 12.1 Å². The van der Waals surface area contributed by atoms with Gasteiger partial charge in [-0.1, -0.05) is 0 Å². The number of likely N-dealkylation sites (N-methyl/N-ethyl adjacent to an activating group) is 2. The maximum Gasteiger partial charge on any atom is 0.237 e. The van der Waals surface area contributed by atoms with Crippen LogP contribution in [0.5, 0.6) is 0 Å². The lowest BCUT2D eigenvalue weighted by Gasteiger charge is -2.15. The fraction of sp³-hybridized carbons (Fsp3) is 0.867. The number of carbonyl (C=O) groups is 2. The van der Waals surface area contributed by atoms with Crippen LogP contribution in [0.15, 0.2) is 0 Å². The number of nitrogens with one attached hydrogen (secondary N) is 2. The van der Waals surface area contributed by atoms with Crippen LogP contribution in [-0.4, -0.2) is 99.6 Å². The van der Waals surface area contributed by atoms with E-state index in [1.54, 1.807) is 0 Å². The summed E-state index contributed by atoms with van der Waals surface area (Å²) >= 11 is 1.54. The zero-order valence-corrected chi connectivity index (χ0v) is 16.2. The van der Waals surface area contributed by atoms with Crippen molar-refractivity contribution in [2.24, 2.45) is 11.5 Å². The molecule has 0 aliphatic rings. The van der Waals surface area contributed by atoms with E-state index >= 15 is 0 Å². The van der Waals surface area contributed by atoms with Crippen LogP contribution in [0.3, 0.4) is 0 Å². The monoisotopic (exact) mass is 362 g/mol. The molecule has 0 aliphatic carbocycles. The predicted molar refractivity (Wildman–Crippen MR) is 101 cm³/mol. The third-order valence-electron chi connectivity index (χ3n) is 3.26. The van der Waals surface area contributed by atoms with Crippen molar-refractivity contribution in [1.82, 2.24) is 20.4 Å². The molecule has 24 heavy (non-hydrogen) atoms. The Bertz CT molecular complexity index is 334. The molecular weight excluding hydrogens is 328 g/mol. The molecule has 0 aromatic rings. The highest BCUT2D eigenvalue weighted by Crippen LogP contribution is 2.06. The van der Waals surface area contributed by atoms with Crippen molar-refractivity contribution in [3.63, 3.8) is 0 Å². The fourth-order valence-electron chi connectivity index (χ4n) is 1.69. The average molecular weight is 363 g/mol. The molecular formula is C15H34N6O2S. The summed E-state index contributed by atoms with van der Waals surface area (Å²) in [5.74, 6) is 0.933. The SMILES string of the molecule is CN(C)CCNC(=O)[C@@H](N)CCSC[C@H](N)C(=O)NCCN(C)C. The largest absolute Gasteiger partial charge is 0.353 e. The second-order valence-corrected chi connectivity index (χ2v) is 7.42. The van der Waals surface area contributed by atoms with Crippen molar-refractivity contribution in [3.8, 4) is 0 Å². The minimum Gasteiger partial charge on any atom is -0.353 e. The van der Waals surface area contributed by atoms with Gasteiger partial charge in [0.1, 0.15) is 0 Å². The van der Waals surface area contributed by atoms with Crippen LogP contribution >= 0.6 is 11.8 Å². The fourth-order valence-corrected chi connectivity index (χ4v) is 2.69. The van der Waals surface area contributed by atoms with Crippen molar-refractivity contribution in [2.45, 2.75) is 18.5 Å². The summed E-state index contributed by atoms with van der Waals surface area (Å²) in [5.41, 5.74) is 11.7. The summed E-state index contributed by atoms with van der Waals surface area (Å²) in [7, 11) is 7.79. The second kappa shape index (κ2) is 13.4. The number of amides is 2. The van der Waals surface area contributed by atoms with E-state index in [0.29, 0.717) is 31.0 Å². The van der Waals surface area contributed by atoms with E-state index in [9.17, 15) is 9.59 Å². The number of rotatable bonds is 13. The van der Waals surface area contributed by atoms with E-state index in [-0.39, 0.29) is 11.8 Å². The highest BCUT2D eigenvalue weighted by Gasteiger charge is 2.15. The van der Waals surface area contributed by atoms with Crippen molar-refractivity contribution >= 4 is 23.6 Å². The topological polar surface area (TPSA) is 117 Å². The van der Waals surface area contributed by atoms with Gasteiger partial charge in [0.2, 0.25) is 11.8 Å². The van der Waals surface area contributed by atoms with E-state index in [0.717, 1.165) is 13.1 Å². The first kappa shape index (κ1) is 23.1. The van der Waals surface area contributed by atoms with Crippen molar-refractivity contribution < 1.29 is 9.59 Å². The van der Waals surface area contributed by atoms with E-state index in [1.807, 2.05) is 38.0 Å². The van der Waals surface area contributed by atoms with Gasteiger partial charge >= 0.3 is 0 Å². The molecule has 6 N–H and O–H groups in total. The first-order valence-electron chi connectivity index (χ1n) is 8.17. The van der Waals surface area contributed by atoms with Crippen LogP contribution < -0.4 is 22.1 Å². The Balaban J connectivity index is 3.75. The van der Waals surface area contributed by atoms with Gasteiger partial charge in [-0.25, -0.2) is 0 Å². The normalized spacial score (nSPS) is 13.8. The molecule has 0 saturated heterocycles. The molecule has 0 aromatic carbocycles. The van der Waals surface area contributed by atoms with Gasteiger partial charge in [-0.15, -0.1) is 0 Å². The molecule has 0 aromatic heterocycles. The van der Waals surface area contributed by atoms with Gasteiger partial charge in [-0.3, -0.25) is 9.59 Å². The van der Waals surface area contributed by atoms with Gasteiger partial charge in [-0.05, 0) is 40.4 Å². The Morgan fingerprint density at radius 1 is 0.917 bits per heavy atom. The molecule has 9 heteroatoms. The Labute approximate surface area is 150 Å². The number of hydrogen-bond acceptors (Lipinski definition) is 7. The number of nitrogens with two attached hydrogens (primary N) is 2. The zero-order chi connectivity index (χ0) is 18.5. The number of hydrogen-bond donors (Lipinski definition) is 4. The van der Waals surface area contributed by atoms with Crippen LogP contribution in [0.1, 0.15) is 6.42 Å². The minimum absolute atomic E-state index is 0.136. The molecule has 0 rings (SSSR count). The lowest BCUT2D eigenvalue weighted by atomic mass is 10.2. The van der Waals surface area contributed by atoms with E-state index < -0.39 is 12.1 Å². The quantitative estimate of drug-likeness (QED) is 0.283. The minimum atomic E-state index is -0.540. The molecule has 0 heterocycles. The van der Waals surface area contributed by atoms with Gasteiger partial charge in [0, 0.05) is 31.9 Å². The molecule has 0 radical (unpaired) electrons. The summed E-state index contributed by atoms with van der Waals surface area (Å²) in [6.07, 6.45) is 0.563. The number of thioether (sulfide) groups is 1. The predicted octanol–water partition coefficient (Wildman–Crippen LogP) is -1.88. The molecule has 8 nitrogen and oxygen atoms in total. The smallest absolute Gasteiger partial charge is 0.237 e. The van der Waals surface area contributed by atoms with Crippen LogP contribution in [0, 0.1) is 0 Å². The van der Waals surface area contributed by atoms with Crippen LogP contribution in [0.25, 0.3) is 0 Å². The van der Waals surface area contributed by atoms with Gasteiger partial charge in [0.15, 0.2) is 0 Å². The third-order valence-corrected chi connectivity index (χ3v) is 4.38. The summed E-state index contributed by atoms with van der Waals surface area (Å²) in [6, 6.07) is -1.06. The maximum absolute atomic E-state index is 11.8. The van der Waals surface area contributed by atoms with Crippen molar-refractivity contribution in [3.05, 3.63) is 0 Å². The zero-order valence-electron chi connectivity index (χ0n) is 15.4. The van der Waals surface area contributed by atoms with E-state index in [4.69, 9.17) is 11.5 Å². The van der Waals surface area contributed by atoms with Crippen molar-refractivity contribution in [1.29, 1.82) is 0 Å². The number of carbonyl (C=O) groups excluding carboxylic acids is 2. The third kappa shape index (κ3) is 12.5. The summed E-state index contributed by atoms with van der Waals surface area (Å²) < 4.78 is 0. The Kier molecular flexibility index (Phi) is 12.9. The summed E-state index contributed by atoms with van der Waals surface area (Å²) in [4.78, 5) is 27.5. The Hall–Kier alpha value is -0.870. The molecule has 0 fully saturated rings. The second-order valence-electron chi connectivity index (χ2n) is 6.27. The van der Waals surface area contributed by atoms with E-state index in [1.165, 1.54) is 11.8 Å². The Morgan fingerprint density at radius 3 is 1.83 bits per heavy atom. The number of nitrogens with zero attached hydrogens (tertiary/aromatic N) is 2. The van der Waals surface area contributed by atoms with Crippen molar-refractivity contribution in [2.75, 3.05) is 65.9 Å². The first-order chi connectivity index (χ1) is 11.2. The lowest BCUT2D eigenvalue weighted by molar-refractivity contribution is -0.123. The first-order valence-corrected chi connectivity index (χ1v) is 9.33. The van der Waals surface area contributed by atoms with Gasteiger partial charge in [-0.2, -0.15) is 11.8 Å². The maximum atomic E-state index is 11.8. The standard InChI is InChI=1S/C15H34N6O2S/c1-20(2)8-6-18-14(22)12(16)5-10-24-11-13(17)15(23)19-7-9-21(3)4/h12-13H,5-11,16-17H2,1-4H3,(H,18,22)(H,19,23)/t12-,13-/m0/s1. The van der Waals surface area contributed by atoms with Crippen LogP contribution in [-0.2, 0) is 9.59 Å². The molecule has 142 valence electrons. The summed E-state index contributed by atoms with van der Waals surface area (Å²) in [6.45, 7) is 2.74. The molecule has 0 spiro atoms. The Morgan fingerprint density at radius 2 is 1.38 bits per heavy atom. The van der Waals surface area contributed by atoms with Gasteiger partial charge < -0.3 is 31.9 Å². The molecule has 0 unspecified atom stereocenters. The van der Waals surface area contributed by atoms with Gasteiger partial charge in [0.25, 0.3) is 0 Å². The molecule has 0 saturated carbocycles.